The fourth-order valence-corrected chi connectivity index (χ4v) is 4.43. The molecule has 0 saturated heterocycles. The molecule has 1 N–H and O–H groups in total. The lowest BCUT2D eigenvalue weighted by Gasteiger charge is -2.19. The number of hydrogen-bond acceptors (Lipinski definition) is 6. The summed E-state index contributed by atoms with van der Waals surface area (Å²) in [6, 6.07) is 18.5. The zero-order valence-corrected chi connectivity index (χ0v) is 24.3. The van der Waals surface area contributed by atoms with Crippen LogP contribution in [0.25, 0.3) is 28.0 Å². The van der Waals surface area contributed by atoms with Crippen molar-refractivity contribution in [3.05, 3.63) is 96.3 Å². The lowest BCUT2D eigenvalue weighted by Crippen LogP contribution is -2.27. The summed E-state index contributed by atoms with van der Waals surface area (Å²) in [5.41, 5.74) is 0.203. The smallest absolute Gasteiger partial charge is 0.422 e. The third-order valence-corrected chi connectivity index (χ3v) is 6.22. The molecule has 2 aromatic heterocycles. The summed E-state index contributed by atoms with van der Waals surface area (Å²) in [6.07, 6.45) is -4.41. The summed E-state index contributed by atoms with van der Waals surface area (Å²) in [5, 5.41) is 2.59. The van der Waals surface area contributed by atoms with Crippen LogP contribution in [-0.2, 0) is 11.3 Å². The second-order valence-corrected chi connectivity index (χ2v) is 10.9. The highest BCUT2D eigenvalue weighted by Gasteiger charge is 2.30. The molecule has 0 saturated carbocycles. The molecule has 234 valence electrons. The molecule has 5 rings (SSSR count). The largest absolute Gasteiger partial charge is 0.489 e. The molecule has 2 heterocycles. The van der Waals surface area contributed by atoms with Crippen LogP contribution >= 0.6 is 0 Å². The van der Waals surface area contributed by atoms with Crippen molar-refractivity contribution in [3.8, 4) is 28.6 Å². The van der Waals surface area contributed by atoms with Crippen molar-refractivity contribution in [3.63, 3.8) is 0 Å². The van der Waals surface area contributed by atoms with E-state index in [-0.39, 0.29) is 29.1 Å². The molecular weight excluding hydrogens is 599 g/mol. The summed E-state index contributed by atoms with van der Waals surface area (Å²) in [5.74, 6) is -2.76. The van der Waals surface area contributed by atoms with Gasteiger partial charge in [-0.25, -0.2) is 18.6 Å². The van der Waals surface area contributed by atoms with Crippen molar-refractivity contribution < 1.29 is 41.0 Å². The molecule has 0 spiro atoms. The van der Waals surface area contributed by atoms with Gasteiger partial charge in [0.1, 0.15) is 35.5 Å². The number of carbonyl (C=O) groups excluding carboxylic acids is 1. The Labute approximate surface area is 254 Å². The Morgan fingerprint density at radius 1 is 0.889 bits per heavy atom. The lowest BCUT2D eigenvalue weighted by molar-refractivity contribution is -0.153. The molecule has 0 atom stereocenters. The van der Waals surface area contributed by atoms with Crippen molar-refractivity contribution in [1.29, 1.82) is 0 Å². The van der Waals surface area contributed by atoms with E-state index >= 15 is 8.78 Å². The van der Waals surface area contributed by atoms with Crippen LogP contribution in [-0.4, -0.2) is 39.0 Å². The first kappa shape index (κ1) is 31.2. The Kier molecular flexibility index (Phi) is 8.62. The average molecular weight is 627 g/mol. The van der Waals surface area contributed by atoms with Crippen LogP contribution in [0.1, 0.15) is 26.3 Å². The fraction of sp³-hybridized carbons (Fsp3) is 0.219. The minimum atomic E-state index is -4.71. The number of hydrogen-bond donors (Lipinski definition) is 1. The number of rotatable bonds is 8. The predicted molar refractivity (Wildman–Crippen MR) is 156 cm³/mol. The van der Waals surface area contributed by atoms with Gasteiger partial charge >= 0.3 is 12.3 Å². The van der Waals surface area contributed by atoms with Gasteiger partial charge in [0, 0.05) is 17.8 Å². The fourth-order valence-electron chi connectivity index (χ4n) is 4.43. The second-order valence-electron chi connectivity index (χ2n) is 10.9. The van der Waals surface area contributed by atoms with Gasteiger partial charge in [0.2, 0.25) is 5.88 Å². The van der Waals surface area contributed by atoms with Crippen LogP contribution in [0.4, 0.5) is 32.4 Å². The summed E-state index contributed by atoms with van der Waals surface area (Å²) >= 11 is 0. The normalized spacial score (nSPS) is 11.8. The summed E-state index contributed by atoms with van der Waals surface area (Å²) < 4.78 is 87.7. The Hall–Kier alpha value is -5.20. The molecule has 0 aliphatic heterocycles. The number of ether oxygens (including phenoxy) is 3. The molecule has 0 aliphatic rings. The zero-order chi connectivity index (χ0) is 32.4. The number of anilines is 1. The monoisotopic (exact) mass is 626 g/mol. The number of nitrogens with one attached hydrogen (secondary N) is 1. The number of halogens is 5. The van der Waals surface area contributed by atoms with Crippen molar-refractivity contribution >= 4 is 22.8 Å². The maximum absolute atomic E-state index is 15.8. The van der Waals surface area contributed by atoms with E-state index < -0.39 is 47.7 Å². The van der Waals surface area contributed by atoms with Gasteiger partial charge in [-0.05, 0) is 50.1 Å². The van der Waals surface area contributed by atoms with Gasteiger partial charge in [-0.2, -0.15) is 18.2 Å². The molecule has 0 radical (unpaired) electrons. The maximum Gasteiger partial charge on any atom is 0.422 e. The van der Waals surface area contributed by atoms with E-state index in [4.69, 9.17) is 14.2 Å². The highest BCUT2D eigenvalue weighted by Crippen LogP contribution is 2.38. The van der Waals surface area contributed by atoms with Crippen LogP contribution in [0, 0.1) is 11.6 Å². The van der Waals surface area contributed by atoms with E-state index in [0.717, 1.165) is 28.6 Å². The Morgan fingerprint density at radius 2 is 1.56 bits per heavy atom. The predicted octanol–water partition coefficient (Wildman–Crippen LogP) is 8.23. The molecule has 0 bridgehead atoms. The summed E-state index contributed by atoms with van der Waals surface area (Å²) in [6.45, 7) is 3.49. The molecule has 13 heteroatoms. The number of amides is 1. The van der Waals surface area contributed by atoms with Gasteiger partial charge in [0.15, 0.2) is 18.2 Å². The molecule has 8 nitrogen and oxygen atoms in total. The second kappa shape index (κ2) is 12.4. The highest BCUT2D eigenvalue weighted by atomic mass is 19.4. The topological polar surface area (TPSA) is 87.5 Å². The van der Waals surface area contributed by atoms with Crippen LogP contribution in [0.3, 0.4) is 0 Å². The first-order valence-electron chi connectivity index (χ1n) is 13.6. The first-order valence-corrected chi connectivity index (χ1v) is 13.6. The minimum absolute atomic E-state index is 0.0454. The van der Waals surface area contributed by atoms with Crippen LogP contribution in [0.15, 0.2) is 79.1 Å². The van der Waals surface area contributed by atoms with Crippen LogP contribution in [0.2, 0.25) is 0 Å². The number of nitrogens with zero attached hydrogens (tertiary/aromatic N) is 3. The van der Waals surface area contributed by atoms with E-state index in [0.29, 0.717) is 11.3 Å². The number of carbonyl (C=O) groups is 1. The molecular formula is C32H27F5N4O4. The third kappa shape index (κ3) is 7.66. The minimum Gasteiger partial charge on any atom is -0.489 e. The third-order valence-electron chi connectivity index (χ3n) is 6.22. The van der Waals surface area contributed by atoms with Gasteiger partial charge < -0.3 is 14.2 Å². The lowest BCUT2D eigenvalue weighted by atomic mass is 10.1. The number of aromatic nitrogens is 3. The van der Waals surface area contributed by atoms with E-state index in [9.17, 15) is 18.0 Å². The molecule has 0 fully saturated rings. The van der Waals surface area contributed by atoms with Gasteiger partial charge in [0.25, 0.3) is 0 Å². The molecule has 0 unspecified atom stereocenters. The van der Waals surface area contributed by atoms with Crippen LogP contribution in [0.5, 0.6) is 11.6 Å². The van der Waals surface area contributed by atoms with E-state index in [1.165, 1.54) is 18.2 Å². The van der Waals surface area contributed by atoms with Gasteiger partial charge in [-0.15, -0.1) is 0 Å². The Bertz CT molecular complexity index is 1800. The average Bonchev–Trinajstić information content (AvgIpc) is 3.34. The van der Waals surface area contributed by atoms with E-state index in [1.54, 1.807) is 57.2 Å². The number of benzene rings is 3. The Morgan fingerprint density at radius 3 is 2.18 bits per heavy atom. The standard InChI is InChI=1S/C32H27F5N4O4/c1-31(2,3)45-30(42)40-21-11-9-20(10-12-21)26-15-25-28(29(39-18-38-25)44-17-32(35,36)37)41(26)27-23(33)13-22(14-24(27)34)43-16-19-7-5-4-6-8-19/h4-15,18H,16-17H2,1-3H3,(H,40,42). The van der Waals surface area contributed by atoms with Crippen molar-refractivity contribution in [2.75, 3.05) is 11.9 Å². The molecule has 5 aromatic rings. The van der Waals surface area contributed by atoms with Crippen molar-refractivity contribution in [2.24, 2.45) is 0 Å². The highest BCUT2D eigenvalue weighted by molar-refractivity contribution is 5.90. The molecule has 1 amide bonds. The molecule has 45 heavy (non-hydrogen) atoms. The summed E-state index contributed by atoms with van der Waals surface area (Å²) in [7, 11) is 0. The van der Waals surface area contributed by atoms with Crippen molar-refractivity contribution in [2.45, 2.75) is 39.2 Å². The number of alkyl halides is 3. The van der Waals surface area contributed by atoms with Gasteiger partial charge in [0.05, 0.1) is 11.2 Å². The summed E-state index contributed by atoms with van der Waals surface area (Å²) in [4.78, 5) is 20.1. The Balaban J connectivity index is 1.58. The van der Waals surface area contributed by atoms with Crippen molar-refractivity contribution in [1.82, 2.24) is 14.5 Å². The molecule has 3 aromatic carbocycles. The van der Waals surface area contributed by atoms with E-state index in [1.807, 2.05) is 6.07 Å². The zero-order valence-electron chi connectivity index (χ0n) is 24.3. The van der Waals surface area contributed by atoms with Gasteiger partial charge in [-0.3, -0.25) is 9.88 Å². The first-order chi connectivity index (χ1) is 21.3. The SMILES string of the molecule is CC(C)(C)OC(=O)Nc1ccc(-c2cc3ncnc(OCC(F)(F)F)c3n2-c2c(F)cc(OCc3ccccc3)cc2F)cc1. The van der Waals surface area contributed by atoms with E-state index in [2.05, 4.69) is 15.3 Å². The maximum atomic E-state index is 15.8. The van der Waals surface area contributed by atoms with Crippen LogP contribution < -0.4 is 14.8 Å². The quantitative estimate of drug-likeness (QED) is 0.175. The number of fused-ring (bicyclic) bond motifs is 1. The molecule has 0 aliphatic carbocycles. The van der Waals surface area contributed by atoms with Gasteiger partial charge in [-0.1, -0.05) is 42.5 Å².